The molecule has 1 nitrogen and oxygen atoms in total. The normalized spacial score (nSPS) is 7.50. The second-order valence-corrected chi connectivity index (χ2v) is 1.87. The van der Waals surface area contributed by atoms with Gasteiger partial charge in [-0.05, 0) is 14.1 Å². The zero-order chi connectivity index (χ0) is 4.99. The molecule has 0 saturated carbocycles. The number of hydrogen-bond acceptors (Lipinski definition) is 1. The number of nitrogens with zero attached hydrogens (tertiary/aromatic N) is 1. The molecule has 0 unspecified atom stereocenters. The van der Waals surface area contributed by atoms with Crippen molar-refractivity contribution in [2.24, 2.45) is 0 Å². The molecule has 0 aliphatic rings. The van der Waals surface area contributed by atoms with E-state index in [9.17, 15) is 0 Å². The second kappa shape index (κ2) is 10.7. The molecule has 0 spiro atoms. The van der Waals surface area contributed by atoms with Crippen LogP contribution in [0.25, 0.3) is 0 Å². The van der Waals surface area contributed by atoms with E-state index in [1.165, 1.54) is 0 Å². The van der Waals surface area contributed by atoms with Gasteiger partial charge in [0.25, 0.3) is 0 Å². The van der Waals surface area contributed by atoms with Crippen molar-refractivity contribution >= 4 is 36.4 Å². The monoisotopic (exact) mass is 179 g/mol. The van der Waals surface area contributed by atoms with Gasteiger partial charge in [0.1, 0.15) is 0 Å². The van der Waals surface area contributed by atoms with E-state index >= 15 is 0 Å². The van der Waals surface area contributed by atoms with E-state index in [-0.39, 0.29) is 24.8 Å². The Morgan fingerprint density at radius 2 is 1.62 bits per heavy atom. The molecule has 0 rings (SSSR count). The highest BCUT2D eigenvalue weighted by molar-refractivity contribution is 6.18. The third-order valence-electron chi connectivity index (χ3n) is 0.532. The van der Waals surface area contributed by atoms with E-state index in [1.807, 2.05) is 19.0 Å². The second-order valence-electron chi connectivity index (χ2n) is 1.49. The average molecular weight is 181 g/mol. The fourth-order valence-corrected chi connectivity index (χ4v) is 0.507. The molecular formula is C4H12Cl3N. The highest BCUT2D eigenvalue weighted by Gasteiger charge is 1.81. The Kier molecular flexibility index (Phi) is 21.4. The Hall–Kier alpha value is 0.830. The molecule has 54 valence electrons. The Morgan fingerprint density at radius 3 is 1.62 bits per heavy atom. The van der Waals surface area contributed by atoms with Gasteiger partial charge in [0.2, 0.25) is 0 Å². The van der Waals surface area contributed by atoms with Gasteiger partial charge in [0, 0.05) is 12.4 Å². The van der Waals surface area contributed by atoms with Gasteiger partial charge in [0.15, 0.2) is 0 Å². The number of halogens is 3. The zero-order valence-corrected chi connectivity index (χ0v) is 7.44. The lowest BCUT2D eigenvalue weighted by molar-refractivity contribution is 0.436. The Bertz CT molecular complexity index is 32.5. The number of alkyl halides is 1. The van der Waals surface area contributed by atoms with E-state index < -0.39 is 0 Å². The number of hydrogen-bond donors (Lipinski definition) is 0. The molecule has 0 saturated heterocycles. The van der Waals surface area contributed by atoms with Gasteiger partial charge in [0.05, 0.1) is 0 Å². The fourth-order valence-electron chi connectivity index (χ4n) is 0.169. The Morgan fingerprint density at radius 1 is 1.25 bits per heavy atom. The van der Waals surface area contributed by atoms with Crippen molar-refractivity contribution in [1.82, 2.24) is 4.90 Å². The van der Waals surface area contributed by atoms with Gasteiger partial charge in [-0.2, -0.15) is 0 Å². The third kappa shape index (κ3) is 15.8. The summed E-state index contributed by atoms with van der Waals surface area (Å²) in [4.78, 5) is 2.05. The minimum absolute atomic E-state index is 0. The maximum absolute atomic E-state index is 5.35. The molecule has 4 heteroatoms. The largest absolute Gasteiger partial charge is 0.308 e. The van der Waals surface area contributed by atoms with Crippen LogP contribution in [0.5, 0.6) is 0 Å². The van der Waals surface area contributed by atoms with Crippen molar-refractivity contribution in [3.05, 3.63) is 0 Å². The zero-order valence-electron chi connectivity index (χ0n) is 5.06. The van der Waals surface area contributed by atoms with Crippen LogP contribution < -0.4 is 0 Å². The molecule has 0 N–H and O–H groups in total. The van der Waals surface area contributed by atoms with Gasteiger partial charge in [-0.25, -0.2) is 0 Å². The molecule has 8 heavy (non-hydrogen) atoms. The van der Waals surface area contributed by atoms with E-state index in [2.05, 4.69) is 0 Å². The highest BCUT2D eigenvalue weighted by Crippen LogP contribution is 1.75. The summed E-state index contributed by atoms with van der Waals surface area (Å²) in [6.45, 7) is 0.974. The first-order valence-corrected chi connectivity index (χ1v) is 2.51. The molecule has 0 fully saturated rings. The van der Waals surface area contributed by atoms with Crippen molar-refractivity contribution in [1.29, 1.82) is 0 Å². The highest BCUT2D eigenvalue weighted by atomic mass is 35.5. The minimum Gasteiger partial charge on any atom is -0.308 e. The first-order valence-electron chi connectivity index (χ1n) is 1.98. The lowest BCUT2D eigenvalue weighted by Gasteiger charge is -2.02. The summed E-state index contributed by atoms with van der Waals surface area (Å²) in [5.74, 6) is 0.729. The van der Waals surface area contributed by atoms with Crippen LogP contribution in [0.15, 0.2) is 0 Å². The molecule has 0 bridgehead atoms. The molecule has 0 atom stereocenters. The van der Waals surface area contributed by atoms with Crippen LogP contribution in [0.3, 0.4) is 0 Å². The van der Waals surface area contributed by atoms with Crippen LogP contribution in [-0.2, 0) is 0 Å². The molecule has 0 radical (unpaired) electrons. The summed E-state index contributed by atoms with van der Waals surface area (Å²) in [5, 5.41) is 0. The molecule has 0 aliphatic heterocycles. The molecule has 0 heterocycles. The summed E-state index contributed by atoms with van der Waals surface area (Å²) in [5.41, 5.74) is 0. The fraction of sp³-hybridized carbons (Fsp3) is 1.00. The Balaban J connectivity index is -0.000000125. The molecule has 0 aromatic heterocycles. The standard InChI is InChI=1S/C4H10ClN.2ClH/c1-6(2)4-3-5;;/h3-4H2,1-2H3;2*1H. The van der Waals surface area contributed by atoms with Gasteiger partial charge >= 0.3 is 0 Å². The first-order chi connectivity index (χ1) is 2.77. The van der Waals surface area contributed by atoms with Crippen LogP contribution in [0.2, 0.25) is 0 Å². The summed E-state index contributed by atoms with van der Waals surface area (Å²) in [6.07, 6.45) is 0. The van der Waals surface area contributed by atoms with Gasteiger partial charge in [-0.1, -0.05) is 0 Å². The van der Waals surface area contributed by atoms with Crippen molar-refractivity contribution in [2.75, 3.05) is 26.5 Å². The topological polar surface area (TPSA) is 3.24 Å². The molecule has 0 aliphatic carbocycles. The van der Waals surface area contributed by atoms with E-state index in [0.717, 1.165) is 12.4 Å². The summed E-state index contributed by atoms with van der Waals surface area (Å²) < 4.78 is 0. The van der Waals surface area contributed by atoms with Gasteiger partial charge in [-0.15, -0.1) is 36.4 Å². The van der Waals surface area contributed by atoms with E-state index in [0.29, 0.717) is 0 Å². The van der Waals surface area contributed by atoms with E-state index in [1.54, 1.807) is 0 Å². The van der Waals surface area contributed by atoms with Crippen molar-refractivity contribution in [2.45, 2.75) is 0 Å². The van der Waals surface area contributed by atoms with Crippen LogP contribution in [0.4, 0.5) is 0 Å². The van der Waals surface area contributed by atoms with Crippen molar-refractivity contribution < 1.29 is 0 Å². The maximum Gasteiger partial charge on any atom is 0.0350 e. The predicted octanol–water partition coefficient (Wildman–Crippen LogP) is 1.63. The van der Waals surface area contributed by atoms with Crippen molar-refractivity contribution in [3.63, 3.8) is 0 Å². The predicted molar refractivity (Wildman–Crippen MR) is 43.8 cm³/mol. The SMILES string of the molecule is CN(C)CCCl.Cl.Cl. The van der Waals surface area contributed by atoms with Gasteiger partial charge in [-0.3, -0.25) is 0 Å². The maximum atomic E-state index is 5.35. The smallest absolute Gasteiger partial charge is 0.0350 e. The quantitative estimate of drug-likeness (QED) is 0.584. The average Bonchev–Trinajstić information content (AvgIpc) is 1.35. The molecular weight excluding hydrogens is 168 g/mol. The first kappa shape index (κ1) is 15.9. The lowest BCUT2D eigenvalue weighted by atomic mass is 10.7. The van der Waals surface area contributed by atoms with Gasteiger partial charge < -0.3 is 4.90 Å². The van der Waals surface area contributed by atoms with E-state index in [4.69, 9.17) is 11.6 Å². The molecule has 0 amide bonds. The number of rotatable bonds is 2. The Labute approximate surface area is 68.2 Å². The summed E-state index contributed by atoms with van der Waals surface area (Å²) in [7, 11) is 4.00. The van der Waals surface area contributed by atoms with Crippen LogP contribution in [0.1, 0.15) is 0 Å². The van der Waals surface area contributed by atoms with Crippen LogP contribution >= 0.6 is 36.4 Å². The molecule has 0 aromatic carbocycles. The third-order valence-corrected chi connectivity index (χ3v) is 0.701. The summed E-state index contributed by atoms with van der Waals surface area (Å²) >= 11 is 5.35. The summed E-state index contributed by atoms with van der Waals surface area (Å²) in [6, 6.07) is 0. The van der Waals surface area contributed by atoms with Crippen LogP contribution in [0, 0.1) is 0 Å². The van der Waals surface area contributed by atoms with Crippen molar-refractivity contribution in [3.8, 4) is 0 Å². The lowest BCUT2D eigenvalue weighted by Crippen LogP contribution is -2.13. The molecule has 0 aromatic rings. The minimum atomic E-state index is 0. The van der Waals surface area contributed by atoms with Crippen LogP contribution in [-0.4, -0.2) is 31.4 Å².